The lowest BCUT2D eigenvalue weighted by molar-refractivity contribution is -0.134. The van der Waals surface area contributed by atoms with Gasteiger partial charge in [-0.3, -0.25) is 4.79 Å². The first-order valence-electron chi connectivity index (χ1n) is 1.05. The maximum Gasteiger partial charge on any atom is 0.318 e. The molecule has 0 radical (unpaired) electrons. The summed E-state index contributed by atoms with van der Waals surface area (Å²) in [5.41, 5.74) is 0. The zero-order valence-corrected chi connectivity index (χ0v) is 3.20. The molecule has 0 bridgehead atoms. The lowest BCUT2D eigenvalue weighted by Crippen LogP contribution is -1.92. The summed E-state index contributed by atoms with van der Waals surface area (Å²) in [6.07, 6.45) is 0. The van der Waals surface area contributed by atoms with Crippen molar-refractivity contribution >= 4 is 17.6 Å². The molecule has 0 heterocycles. The van der Waals surface area contributed by atoms with Crippen molar-refractivity contribution in [3.63, 3.8) is 0 Å². The summed E-state index contributed by atoms with van der Waals surface area (Å²) in [7, 11) is 0. The first-order valence-corrected chi connectivity index (χ1v) is 1.58. The summed E-state index contributed by atoms with van der Waals surface area (Å²) in [6.45, 7) is 0. The summed E-state index contributed by atoms with van der Waals surface area (Å²) < 4.78 is 0. The average molecular weight is 96.5 g/mol. The molecule has 0 aliphatic heterocycles. The van der Waals surface area contributed by atoms with Crippen LogP contribution in [0.25, 0.3) is 0 Å². The number of carbonyl (C=O) groups is 1. The van der Waals surface area contributed by atoms with Gasteiger partial charge in [-0.25, -0.2) is 0 Å². The Balaban J connectivity index is 2.85. The third-order valence-electron chi connectivity index (χ3n) is 0.114. The van der Waals surface area contributed by atoms with Crippen LogP contribution in [0.15, 0.2) is 0 Å². The zero-order valence-electron chi connectivity index (χ0n) is 2.44. The highest BCUT2D eigenvalue weighted by Gasteiger charge is 1.83. The molecular weight excluding hydrogens is 93.5 g/mol. The molecule has 0 aromatic heterocycles. The topological polar surface area (TPSA) is 37.3 Å². The summed E-state index contributed by atoms with van der Waals surface area (Å²) >= 11 is 4.74. The van der Waals surface area contributed by atoms with E-state index in [1.54, 1.807) is 0 Å². The summed E-state index contributed by atoms with van der Waals surface area (Å²) in [5, 5.41) is 7.59. The van der Waals surface area contributed by atoms with Gasteiger partial charge in [0.25, 0.3) is 0 Å². The van der Waals surface area contributed by atoms with E-state index in [4.69, 9.17) is 16.7 Å². The molecule has 0 aromatic carbocycles. The van der Waals surface area contributed by atoms with Crippen LogP contribution in [0.3, 0.4) is 0 Å². The van der Waals surface area contributed by atoms with Gasteiger partial charge in [0.15, 0.2) is 0 Å². The van der Waals surface area contributed by atoms with Crippen molar-refractivity contribution in [2.75, 3.05) is 5.88 Å². The van der Waals surface area contributed by atoms with Crippen LogP contribution in [0, 0.1) is 0 Å². The van der Waals surface area contributed by atoms with Gasteiger partial charge in [-0.15, -0.1) is 11.6 Å². The molecule has 5 heavy (non-hydrogen) atoms. The number of carboxylic acid groups (broad SMARTS) is 1. The van der Waals surface area contributed by atoms with E-state index in [1.165, 1.54) is 0 Å². The highest BCUT2D eigenvalue weighted by molar-refractivity contribution is 6.26. The van der Waals surface area contributed by atoms with Crippen LogP contribution in [-0.4, -0.2) is 17.0 Å². The van der Waals surface area contributed by atoms with Gasteiger partial charge in [-0.2, -0.15) is 0 Å². The molecule has 0 saturated heterocycles. The smallest absolute Gasteiger partial charge is 0.318 e. The lowest BCUT2D eigenvalue weighted by Gasteiger charge is -1.69. The van der Waals surface area contributed by atoms with Crippen LogP contribution >= 0.6 is 11.6 Å². The Morgan fingerprint density at radius 3 is 2.20 bits per heavy atom. The highest BCUT2D eigenvalue weighted by atomic mass is 35.5. The number of halogens is 1. The molecule has 0 unspecified atom stereocenters. The third kappa shape index (κ3) is 3.76. The minimum absolute atomic E-state index is 0.306. The van der Waals surface area contributed by atoms with Crippen molar-refractivity contribution < 1.29 is 9.90 Å². The van der Waals surface area contributed by atoms with Crippen molar-refractivity contribution in [2.45, 2.75) is 0 Å². The van der Waals surface area contributed by atoms with Crippen molar-refractivity contribution in [2.24, 2.45) is 0 Å². The average Bonchev–Trinajstić information content (AvgIpc) is 1.38. The van der Waals surface area contributed by atoms with E-state index in [2.05, 4.69) is 0 Å². The van der Waals surface area contributed by atoms with Gasteiger partial charge in [0, 0.05) is 0 Å². The molecule has 0 rings (SSSR count). The minimum Gasteiger partial charge on any atom is -0.480 e. The molecule has 2 nitrogen and oxygen atoms in total. The molecule has 30 valence electrons. The van der Waals surface area contributed by atoms with E-state index in [9.17, 15) is 4.79 Å². The van der Waals surface area contributed by atoms with Crippen LogP contribution in [0.5, 0.6) is 0 Å². The largest absolute Gasteiger partial charge is 0.480 e. The fourth-order valence-electron chi connectivity index (χ4n) is 0. The molecule has 3 heteroatoms. The number of hydrogen-bond donors (Lipinski definition) is 1. The van der Waals surface area contributed by atoms with Crippen molar-refractivity contribution in [1.82, 2.24) is 0 Å². The number of aliphatic carboxylic acids is 1. The SMILES string of the molecule is O=[13C](O)[13CH2]Cl. The molecule has 0 saturated carbocycles. The molecule has 1 N–H and O–H groups in total. The van der Waals surface area contributed by atoms with Gasteiger partial charge < -0.3 is 5.11 Å². The van der Waals surface area contributed by atoms with Gasteiger partial charge in [0.05, 0.1) is 0 Å². The number of alkyl halides is 1. The van der Waals surface area contributed by atoms with Gasteiger partial charge in [0.2, 0.25) is 0 Å². The summed E-state index contributed by atoms with van der Waals surface area (Å²) in [6, 6.07) is 0. The van der Waals surface area contributed by atoms with Crippen molar-refractivity contribution in [1.29, 1.82) is 0 Å². The normalized spacial score (nSPS) is 7.40. The molecule has 0 amide bonds. The molecule has 0 spiro atoms. The van der Waals surface area contributed by atoms with E-state index in [1.807, 2.05) is 0 Å². The van der Waals surface area contributed by atoms with Gasteiger partial charge in [-0.05, 0) is 0 Å². The molecular formula is C2H3ClO2. The Labute approximate surface area is 34.4 Å². The predicted octanol–water partition coefficient (Wildman–Crippen LogP) is 0.310. The fourth-order valence-corrected chi connectivity index (χ4v) is 0. The molecule has 0 aliphatic rings. The Hall–Kier alpha value is -0.240. The van der Waals surface area contributed by atoms with E-state index in [-0.39, 0.29) is 5.88 Å². The van der Waals surface area contributed by atoms with Crippen LogP contribution in [-0.2, 0) is 4.79 Å². The first kappa shape index (κ1) is 4.76. The van der Waals surface area contributed by atoms with Crippen molar-refractivity contribution in [3.8, 4) is 0 Å². The number of rotatable bonds is 1. The van der Waals surface area contributed by atoms with Crippen LogP contribution in [0.2, 0.25) is 0 Å². The van der Waals surface area contributed by atoms with E-state index in [0.29, 0.717) is 0 Å². The summed E-state index contributed by atoms with van der Waals surface area (Å²) in [5.74, 6) is -1.29. The van der Waals surface area contributed by atoms with Gasteiger partial charge in [0.1, 0.15) is 5.88 Å². The Morgan fingerprint density at radius 2 is 2.20 bits per heavy atom. The fraction of sp³-hybridized carbons (Fsp3) is 0.500. The predicted molar refractivity (Wildman–Crippen MR) is 18.4 cm³/mol. The Kier molecular flexibility index (Phi) is 1.93. The van der Waals surface area contributed by atoms with Crippen molar-refractivity contribution in [3.05, 3.63) is 0 Å². The minimum atomic E-state index is -0.980. The Morgan fingerprint density at radius 1 is 2.00 bits per heavy atom. The van der Waals surface area contributed by atoms with Crippen LogP contribution in [0.1, 0.15) is 0 Å². The Bertz CT molecular complexity index is 42.9. The van der Waals surface area contributed by atoms with Gasteiger partial charge in [-0.1, -0.05) is 0 Å². The maximum absolute atomic E-state index is 9.24. The molecule has 0 aromatic rings. The monoisotopic (exact) mass is 96.0 g/mol. The second-order valence-corrected chi connectivity index (χ2v) is 0.795. The lowest BCUT2D eigenvalue weighted by atomic mass is 11.8. The number of hydrogen-bond acceptors (Lipinski definition) is 1. The van der Waals surface area contributed by atoms with Crippen LogP contribution < -0.4 is 0 Å². The van der Waals surface area contributed by atoms with Gasteiger partial charge >= 0.3 is 5.97 Å². The standard InChI is InChI=1S/C2H3ClO2/c3-1-2(4)5/h1H2,(H,4,5)/i1+1,2+1. The van der Waals surface area contributed by atoms with Crippen LogP contribution in [0.4, 0.5) is 0 Å². The van der Waals surface area contributed by atoms with E-state index in [0.717, 1.165) is 0 Å². The van der Waals surface area contributed by atoms with E-state index >= 15 is 0 Å². The van der Waals surface area contributed by atoms with E-state index < -0.39 is 5.97 Å². The number of carboxylic acids is 1. The quantitative estimate of drug-likeness (QED) is 0.377. The zero-order chi connectivity index (χ0) is 4.28. The highest BCUT2D eigenvalue weighted by Crippen LogP contribution is 1.67. The third-order valence-corrected chi connectivity index (χ3v) is 0.343. The summed E-state index contributed by atoms with van der Waals surface area (Å²) in [4.78, 5) is 9.24. The molecule has 0 aliphatic carbocycles. The molecule has 0 atom stereocenters. The molecule has 0 fully saturated rings. The second-order valence-electron chi connectivity index (χ2n) is 0.527. The second kappa shape index (κ2) is 2.03. The maximum atomic E-state index is 9.24. The first-order chi connectivity index (χ1) is 2.27.